The molecule has 5 fully saturated rings. The molecule has 0 aromatic heterocycles. The van der Waals surface area contributed by atoms with Crippen molar-refractivity contribution in [2.75, 3.05) is 6.61 Å². The number of carbonyl (C=O) groups is 7. The summed E-state index contributed by atoms with van der Waals surface area (Å²) in [5.41, 5.74) is -6.53. The minimum Gasteiger partial charge on any atom is -0.461 e. The third-order valence-electron chi connectivity index (χ3n) is 12.1. The Hall–Kier alpha value is -3.55. The SMILES string of the molecule is CCC(=O)O[C@@H]1[C@@H]2[C@@H](OC(C)=O)[C@@]34CO[C@@](C)([C@H](OC(C)=O)[C@@]2(OC(C)=O)C[C@@H]1C)[C@@H]3[C@@H]1[C@@H](C[C@]1(C)OC(C)=O)[C@@H](OC(=O)C(C)CC)C4=O. The van der Waals surface area contributed by atoms with Crippen LogP contribution in [0.25, 0.3) is 0 Å². The molecule has 0 radical (unpaired) electrons. The highest BCUT2D eigenvalue weighted by atomic mass is 16.6. The summed E-state index contributed by atoms with van der Waals surface area (Å²) in [6.45, 7) is 14.7. The number of ketones is 1. The Morgan fingerprint density at radius 3 is 2.00 bits per heavy atom. The van der Waals surface area contributed by atoms with Crippen molar-refractivity contribution in [3.05, 3.63) is 0 Å². The zero-order chi connectivity index (χ0) is 37.3. The van der Waals surface area contributed by atoms with E-state index in [0.717, 1.165) is 6.92 Å². The van der Waals surface area contributed by atoms with Gasteiger partial charge in [-0.05, 0) is 39.0 Å². The normalized spacial score (nSPS) is 43.0. The number of fused-ring (bicyclic) bond motifs is 2. The van der Waals surface area contributed by atoms with Gasteiger partial charge in [0.1, 0.15) is 23.4 Å². The van der Waals surface area contributed by atoms with Gasteiger partial charge in [0.25, 0.3) is 0 Å². The van der Waals surface area contributed by atoms with Gasteiger partial charge in [0.05, 0.1) is 23.9 Å². The second-order valence-electron chi connectivity index (χ2n) is 15.4. The lowest BCUT2D eigenvalue weighted by Crippen LogP contribution is -2.75. The molecule has 4 saturated carbocycles. The molecule has 0 aromatic carbocycles. The molecule has 1 aliphatic heterocycles. The summed E-state index contributed by atoms with van der Waals surface area (Å²) >= 11 is 0. The van der Waals surface area contributed by atoms with E-state index in [9.17, 15) is 28.8 Å². The Bertz CT molecular complexity index is 1470. The Kier molecular flexibility index (Phi) is 9.72. The van der Waals surface area contributed by atoms with Crippen molar-refractivity contribution in [1.82, 2.24) is 0 Å². The fourth-order valence-electron chi connectivity index (χ4n) is 10.4. The quantitative estimate of drug-likeness (QED) is 0.252. The van der Waals surface area contributed by atoms with Crippen LogP contribution < -0.4 is 0 Å². The van der Waals surface area contributed by atoms with E-state index in [0.29, 0.717) is 6.42 Å². The maximum atomic E-state index is 15.4. The number of hydrogen-bond acceptors (Lipinski definition) is 14. The molecule has 0 spiro atoms. The van der Waals surface area contributed by atoms with Gasteiger partial charge >= 0.3 is 35.8 Å². The highest BCUT2D eigenvalue weighted by Gasteiger charge is 2.86. The van der Waals surface area contributed by atoms with Crippen LogP contribution in [-0.4, -0.2) is 89.4 Å². The summed E-state index contributed by atoms with van der Waals surface area (Å²) in [6.07, 6.45) is -4.79. The van der Waals surface area contributed by atoms with E-state index in [1.165, 1.54) is 20.8 Å². The number of rotatable bonds is 9. The molecule has 1 saturated heterocycles. The van der Waals surface area contributed by atoms with Crippen molar-refractivity contribution in [1.29, 1.82) is 0 Å². The zero-order valence-electron chi connectivity index (χ0n) is 30.5. The number of Topliss-reactive ketones (excluding diaryl/α,β-unsaturated/α-hetero) is 1. The predicted molar refractivity (Wildman–Crippen MR) is 169 cm³/mol. The first-order chi connectivity index (χ1) is 23.2. The van der Waals surface area contributed by atoms with Gasteiger partial charge in [-0.1, -0.05) is 27.7 Å². The van der Waals surface area contributed by atoms with E-state index in [4.69, 9.17) is 33.2 Å². The van der Waals surface area contributed by atoms with Crippen molar-refractivity contribution in [2.24, 2.45) is 40.9 Å². The fourth-order valence-corrected chi connectivity index (χ4v) is 10.4. The topological polar surface area (TPSA) is 184 Å². The Labute approximate surface area is 291 Å². The first kappa shape index (κ1) is 37.7. The van der Waals surface area contributed by atoms with Gasteiger partial charge in [0.15, 0.2) is 23.6 Å². The second-order valence-corrected chi connectivity index (χ2v) is 15.4. The summed E-state index contributed by atoms with van der Waals surface area (Å²) in [5.74, 6) is -9.42. The molecule has 14 nitrogen and oxygen atoms in total. The lowest BCUT2D eigenvalue weighted by molar-refractivity contribution is -0.261. The summed E-state index contributed by atoms with van der Waals surface area (Å²) in [7, 11) is 0. The molecule has 5 rings (SSSR count). The van der Waals surface area contributed by atoms with Crippen molar-refractivity contribution in [2.45, 2.75) is 136 Å². The highest BCUT2D eigenvalue weighted by molar-refractivity contribution is 5.95. The smallest absolute Gasteiger partial charge is 0.309 e. The second kappa shape index (κ2) is 12.9. The van der Waals surface area contributed by atoms with Crippen LogP contribution in [0.2, 0.25) is 0 Å². The average Bonchev–Trinajstić information content (AvgIpc) is 3.44. The highest BCUT2D eigenvalue weighted by Crippen LogP contribution is 2.73. The van der Waals surface area contributed by atoms with Crippen molar-refractivity contribution in [3.8, 4) is 0 Å². The number of ether oxygens (including phenoxy) is 7. The van der Waals surface area contributed by atoms with Crippen LogP contribution >= 0.6 is 0 Å². The molecule has 1 heterocycles. The van der Waals surface area contributed by atoms with E-state index in [1.807, 2.05) is 6.92 Å². The van der Waals surface area contributed by atoms with Crippen LogP contribution in [0.3, 0.4) is 0 Å². The molecule has 0 amide bonds. The van der Waals surface area contributed by atoms with Gasteiger partial charge in [-0.3, -0.25) is 33.6 Å². The lowest BCUT2D eigenvalue weighted by atomic mass is 9.42. The van der Waals surface area contributed by atoms with Crippen LogP contribution in [0, 0.1) is 40.9 Å². The first-order valence-electron chi connectivity index (χ1n) is 17.6. The molecule has 0 N–H and O–H groups in total. The molecule has 14 atom stereocenters. The minimum absolute atomic E-state index is 0.00618. The van der Waals surface area contributed by atoms with Crippen molar-refractivity contribution < 1.29 is 66.7 Å². The molecule has 50 heavy (non-hydrogen) atoms. The molecule has 4 aliphatic carbocycles. The van der Waals surface area contributed by atoms with E-state index in [1.54, 1.807) is 34.6 Å². The number of carbonyl (C=O) groups excluding carboxylic acids is 7. The molecule has 2 bridgehead atoms. The Morgan fingerprint density at radius 2 is 1.46 bits per heavy atom. The minimum atomic E-state index is -1.84. The molecule has 0 aromatic rings. The molecule has 14 heteroatoms. The molecule has 278 valence electrons. The Balaban J connectivity index is 1.87. The number of esters is 6. The molecular formula is C36H50O14. The van der Waals surface area contributed by atoms with Gasteiger partial charge in [0, 0.05) is 51.9 Å². The van der Waals surface area contributed by atoms with Gasteiger partial charge in [-0.15, -0.1) is 0 Å². The van der Waals surface area contributed by atoms with E-state index in [2.05, 4.69) is 0 Å². The predicted octanol–water partition coefficient (Wildman–Crippen LogP) is 3.03. The van der Waals surface area contributed by atoms with E-state index in [-0.39, 0.29) is 25.9 Å². The van der Waals surface area contributed by atoms with Gasteiger partial charge in [-0.2, -0.15) is 0 Å². The largest absolute Gasteiger partial charge is 0.461 e. The number of hydrogen-bond donors (Lipinski definition) is 0. The molecule has 5 aliphatic rings. The van der Waals surface area contributed by atoms with Crippen LogP contribution in [0.5, 0.6) is 0 Å². The van der Waals surface area contributed by atoms with E-state index < -0.39 is 124 Å². The monoisotopic (exact) mass is 706 g/mol. The third kappa shape index (κ3) is 5.51. The van der Waals surface area contributed by atoms with Crippen LogP contribution in [-0.2, 0) is 66.7 Å². The molecule has 1 unspecified atom stereocenters. The average molecular weight is 707 g/mol. The van der Waals surface area contributed by atoms with E-state index >= 15 is 4.79 Å². The summed E-state index contributed by atoms with van der Waals surface area (Å²) in [5, 5.41) is 0. The van der Waals surface area contributed by atoms with Gasteiger partial charge in [-0.25, -0.2) is 0 Å². The van der Waals surface area contributed by atoms with Crippen LogP contribution in [0.15, 0.2) is 0 Å². The van der Waals surface area contributed by atoms with Gasteiger partial charge in [0.2, 0.25) is 0 Å². The van der Waals surface area contributed by atoms with Crippen LogP contribution in [0.4, 0.5) is 0 Å². The standard InChI is InChI=1S/C36H50O14/c1-11-16(3)31(43)48-27-22-14-33(9,49-20(7)39)24(22)28-34(10)32(46-19(6)38)36(50-21(8)40)13-17(4)26(47-23(41)12-2)25(36)30(45-18(5)37)35(28,15-44-34)29(27)42/h16-17,22,24-28,30,32H,11-15H2,1-10H3/t16?,17-,22+,24-,25+,26-,27+,28-,30+,32-,33-,34+,35-,36+/m0/s1. The van der Waals surface area contributed by atoms with Crippen LogP contribution in [0.1, 0.15) is 94.9 Å². The molecular weight excluding hydrogens is 656 g/mol. The zero-order valence-corrected chi connectivity index (χ0v) is 30.5. The third-order valence-corrected chi connectivity index (χ3v) is 12.1. The first-order valence-corrected chi connectivity index (χ1v) is 17.6. The van der Waals surface area contributed by atoms with Crippen molar-refractivity contribution in [3.63, 3.8) is 0 Å². The summed E-state index contributed by atoms with van der Waals surface area (Å²) in [6, 6.07) is 0. The van der Waals surface area contributed by atoms with Gasteiger partial charge < -0.3 is 33.2 Å². The maximum absolute atomic E-state index is 15.4. The maximum Gasteiger partial charge on any atom is 0.309 e. The lowest BCUT2D eigenvalue weighted by Gasteiger charge is -2.64. The summed E-state index contributed by atoms with van der Waals surface area (Å²) in [4.78, 5) is 93.7. The Morgan fingerprint density at radius 1 is 0.840 bits per heavy atom. The summed E-state index contributed by atoms with van der Waals surface area (Å²) < 4.78 is 43.3. The fraction of sp³-hybridized carbons (Fsp3) is 0.806. The van der Waals surface area contributed by atoms with Crippen molar-refractivity contribution >= 4 is 41.6 Å².